The van der Waals surface area contributed by atoms with E-state index < -0.39 is 20.0 Å². The van der Waals surface area contributed by atoms with Gasteiger partial charge in [-0.3, -0.25) is 4.72 Å². The normalized spacial score (nSPS) is 15.9. The van der Waals surface area contributed by atoms with E-state index in [2.05, 4.69) is 4.72 Å². The lowest BCUT2D eigenvalue weighted by molar-refractivity contribution is 0.0730. The van der Waals surface area contributed by atoms with Crippen molar-refractivity contribution < 1.29 is 26.3 Å². The Morgan fingerprint density at radius 2 is 1.61 bits per heavy atom. The number of hydrogen-bond donors (Lipinski definition) is 1. The van der Waals surface area contributed by atoms with E-state index in [1.807, 2.05) is 0 Å². The minimum absolute atomic E-state index is 0.0386. The van der Waals surface area contributed by atoms with E-state index in [0.717, 1.165) is 0 Å². The summed E-state index contributed by atoms with van der Waals surface area (Å²) in [6, 6.07) is 9.62. The number of morpholine rings is 1. The molecule has 11 heteroatoms. The van der Waals surface area contributed by atoms with E-state index in [4.69, 9.17) is 21.1 Å². The maximum atomic E-state index is 12.6. The number of nitrogens with zero attached hydrogens (tertiary/aromatic N) is 1. The van der Waals surface area contributed by atoms with E-state index in [9.17, 15) is 16.8 Å². The molecule has 0 saturated carbocycles. The van der Waals surface area contributed by atoms with Crippen molar-refractivity contribution in [2.45, 2.75) is 9.79 Å². The van der Waals surface area contributed by atoms with Gasteiger partial charge in [0.1, 0.15) is 5.75 Å². The van der Waals surface area contributed by atoms with Crippen LogP contribution >= 0.6 is 11.6 Å². The highest BCUT2D eigenvalue weighted by atomic mass is 35.5. The second-order valence-corrected chi connectivity index (χ2v) is 9.97. The Hall–Kier alpha value is -1.85. The van der Waals surface area contributed by atoms with Crippen molar-refractivity contribution in [2.24, 2.45) is 0 Å². The number of nitrogens with one attached hydrogen (secondary N) is 1. The maximum absolute atomic E-state index is 12.6. The summed E-state index contributed by atoms with van der Waals surface area (Å²) in [4.78, 5) is 0.0492. The minimum Gasteiger partial charge on any atom is -0.495 e. The average Bonchev–Trinajstić information content (AvgIpc) is 2.68. The Labute approximate surface area is 169 Å². The molecule has 8 nitrogen and oxygen atoms in total. The van der Waals surface area contributed by atoms with Gasteiger partial charge < -0.3 is 9.47 Å². The first kappa shape index (κ1) is 20.9. The van der Waals surface area contributed by atoms with Crippen LogP contribution < -0.4 is 9.46 Å². The minimum atomic E-state index is -3.90. The largest absolute Gasteiger partial charge is 0.495 e. The number of rotatable bonds is 6. The quantitative estimate of drug-likeness (QED) is 0.729. The molecule has 152 valence electrons. The molecule has 1 aliphatic rings. The van der Waals surface area contributed by atoms with Crippen LogP contribution in [0.2, 0.25) is 5.02 Å². The van der Waals surface area contributed by atoms with Crippen molar-refractivity contribution in [3.63, 3.8) is 0 Å². The highest BCUT2D eigenvalue weighted by molar-refractivity contribution is 7.92. The molecule has 0 atom stereocenters. The zero-order valence-electron chi connectivity index (χ0n) is 15.0. The third-order valence-corrected chi connectivity index (χ3v) is 7.74. The van der Waals surface area contributed by atoms with Gasteiger partial charge in [-0.2, -0.15) is 4.31 Å². The highest BCUT2D eigenvalue weighted by Gasteiger charge is 2.26. The van der Waals surface area contributed by atoms with Crippen molar-refractivity contribution in [1.82, 2.24) is 4.31 Å². The maximum Gasteiger partial charge on any atom is 0.261 e. The smallest absolute Gasteiger partial charge is 0.261 e. The predicted molar refractivity (Wildman–Crippen MR) is 105 cm³/mol. The molecule has 1 aliphatic heterocycles. The molecule has 1 fully saturated rings. The van der Waals surface area contributed by atoms with Crippen LogP contribution in [-0.4, -0.2) is 54.6 Å². The second-order valence-electron chi connectivity index (χ2n) is 5.94. The van der Waals surface area contributed by atoms with Gasteiger partial charge in [0.15, 0.2) is 0 Å². The van der Waals surface area contributed by atoms with Crippen molar-refractivity contribution in [3.05, 3.63) is 47.5 Å². The molecule has 28 heavy (non-hydrogen) atoms. The molecule has 3 rings (SSSR count). The Kier molecular flexibility index (Phi) is 6.15. The van der Waals surface area contributed by atoms with Crippen LogP contribution in [0.4, 0.5) is 5.69 Å². The number of ether oxygens (including phenoxy) is 2. The van der Waals surface area contributed by atoms with Gasteiger partial charge in [-0.15, -0.1) is 0 Å². The monoisotopic (exact) mass is 446 g/mol. The van der Waals surface area contributed by atoms with Gasteiger partial charge in [0.2, 0.25) is 10.0 Å². The van der Waals surface area contributed by atoms with Crippen LogP contribution in [0.25, 0.3) is 0 Å². The molecule has 0 bridgehead atoms. The summed E-state index contributed by atoms with van der Waals surface area (Å²) in [5.74, 6) is 0.360. The molecule has 0 radical (unpaired) electrons. The van der Waals surface area contributed by atoms with Crippen LogP contribution in [0.1, 0.15) is 0 Å². The molecule has 0 aromatic heterocycles. The van der Waals surface area contributed by atoms with E-state index in [1.54, 1.807) is 0 Å². The van der Waals surface area contributed by atoms with Crippen LogP contribution in [-0.2, 0) is 24.8 Å². The van der Waals surface area contributed by atoms with E-state index in [0.29, 0.717) is 19.0 Å². The van der Waals surface area contributed by atoms with Gasteiger partial charge in [0, 0.05) is 18.8 Å². The van der Waals surface area contributed by atoms with Crippen LogP contribution in [0, 0.1) is 0 Å². The van der Waals surface area contributed by atoms with Crippen LogP contribution in [0.5, 0.6) is 5.75 Å². The lowest BCUT2D eigenvalue weighted by Crippen LogP contribution is -2.40. The predicted octanol–water partition coefficient (Wildman–Crippen LogP) is 2.17. The lowest BCUT2D eigenvalue weighted by Gasteiger charge is -2.26. The summed E-state index contributed by atoms with van der Waals surface area (Å²) in [5, 5.41) is 0.164. The first-order chi connectivity index (χ1) is 13.2. The Balaban J connectivity index is 1.79. The number of hydrogen-bond acceptors (Lipinski definition) is 6. The number of halogens is 1. The van der Waals surface area contributed by atoms with Crippen molar-refractivity contribution in [1.29, 1.82) is 0 Å². The molecule has 1 N–H and O–H groups in total. The van der Waals surface area contributed by atoms with Gasteiger partial charge in [-0.25, -0.2) is 16.8 Å². The summed E-state index contributed by atoms with van der Waals surface area (Å²) < 4.78 is 64.2. The molecule has 0 amide bonds. The molecule has 1 heterocycles. The number of anilines is 1. The zero-order valence-corrected chi connectivity index (χ0v) is 17.3. The molecule has 2 aromatic carbocycles. The van der Waals surface area contributed by atoms with Gasteiger partial charge in [0.05, 0.1) is 35.1 Å². The summed E-state index contributed by atoms with van der Waals surface area (Å²) in [6.07, 6.45) is 0. The third kappa shape index (κ3) is 4.41. The highest BCUT2D eigenvalue weighted by Crippen LogP contribution is 2.28. The van der Waals surface area contributed by atoms with E-state index in [1.165, 1.54) is 53.9 Å². The molecule has 0 spiro atoms. The zero-order chi connectivity index (χ0) is 20.4. The fraction of sp³-hybridized carbons (Fsp3) is 0.294. The van der Waals surface area contributed by atoms with Crippen molar-refractivity contribution >= 4 is 37.3 Å². The Morgan fingerprint density at radius 3 is 2.18 bits per heavy atom. The molecule has 0 aliphatic carbocycles. The van der Waals surface area contributed by atoms with E-state index in [-0.39, 0.29) is 33.6 Å². The molecular weight excluding hydrogens is 428 g/mol. The summed E-state index contributed by atoms with van der Waals surface area (Å²) >= 11 is 5.99. The lowest BCUT2D eigenvalue weighted by atomic mass is 10.3. The van der Waals surface area contributed by atoms with Crippen LogP contribution in [0.3, 0.4) is 0 Å². The first-order valence-corrected chi connectivity index (χ1v) is 11.6. The SMILES string of the molecule is COc1ccc(S(=O)(=O)Nc2ccc(S(=O)(=O)N3CCOCC3)cc2)cc1Cl. The number of benzene rings is 2. The topological polar surface area (TPSA) is 102 Å². The fourth-order valence-electron chi connectivity index (χ4n) is 2.66. The van der Waals surface area contributed by atoms with Gasteiger partial charge in [-0.1, -0.05) is 11.6 Å². The third-order valence-electron chi connectivity index (χ3n) is 4.15. The molecule has 0 unspecified atom stereocenters. The number of methoxy groups -OCH3 is 1. The Bertz CT molecular complexity index is 1050. The van der Waals surface area contributed by atoms with Crippen LogP contribution in [0.15, 0.2) is 52.3 Å². The van der Waals surface area contributed by atoms with Gasteiger partial charge >= 0.3 is 0 Å². The second kappa shape index (κ2) is 8.26. The molecule has 2 aromatic rings. The fourth-order valence-corrected chi connectivity index (χ4v) is 5.47. The molecular formula is C17H19ClN2O6S2. The van der Waals surface area contributed by atoms with Crippen molar-refractivity contribution in [2.75, 3.05) is 38.1 Å². The van der Waals surface area contributed by atoms with E-state index >= 15 is 0 Å². The Morgan fingerprint density at radius 1 is 1.00 bits per heavy atom. The first-order valence-electron chi connectivity index (χ1n) is 8.28. The van der Waals surface area contributed by atoms with Crippen molar-refractivity contribution in [3.8, 4) is 5.75 Å². The molecule has 1 saturated heterocycles. The van der Waals surface area contributed by atoms with Gasteiger partial charge in [0.25, 0.3) is 10.0 Å². The summed E-state index contributed by atoms with van der Waals surface area (Å²) in [6.45, 7) is 1.27. The van der Waals surface area contributed by atoms with Gasteiger partial charge in [-0.05, 0) is 42.5 Å². The number of sulfonamides is 2. The summed E-state index contributed by atoms with van der Waals surface area (Å²) in [5.41, 5.74) is 0.230. The standard InChI is InChI=1S/C17H19ClN2O6S2/c1-25-17-7-6-15(12-16(17)18)27(21,22)19-13-2-4-14(5-3-13)28(23,24)20-8-10-26-11-9-20/h2-7,12,19H,8-11H2,1H3. The summed E-state index contributed by atoms with van der Waals surface area (Å²) in [7, 11) is -6.11. The average molecular weight is 447 g/mol.